The van der Waals surface area contributed by atoms with Crippen LogP contribution in [0, 0.1) is 0 Å². The van der Waals surface area contributed by atoms with E-state index < -0.39 is 30.5 Å². The van der Waals surface area contributed by atoms with E-state index in [9.17, 15) is 14.4 Å². The van der Waals surface area contributed by atoms with Gasteiger partial charge in [0.2, 0.25) is 0 Å². The van der Waals surface area contributed by atoms with Crippen LogP contribution in [0.25, 0.3) is 0 Å². The molecule has 0 radical (unpaired) electrons. The van der Waals surface area contributed by atoms with Gasteiger partial charge in [-0.3, -0.25) is 4.79 Å². The van der Waals surface area contributed by atoms with E-state index in [2.05, 4.69) is 5.32 Å². The fraction of sp³-hybridized carbons (Fsp3) is 0.222. The summed E-state index contributed by atoms with van der Waals surface area (Å²) in [6, 6.07) is 21.9. The van der Waals surface area contributed by atoms with Gasteiger partial charge in [-0.2, -0.15) is 0 Å². The number of hydrogen-bond acceptors (Lipinski definition) is 7. The quantitative estimate of drug-likeness (QED) is 0.329. The Bertz CT molecular complexity index is 1130. The molecule has 1 N–H and O–H groups in total. The molecule has 3 aromatic rings. The third kappa shape index (κ3) is 7.60. The Labute approximate surface area is 203 Å². The van der Waals surface area contributed by atoms with Gasteiger partial charge in [0.05, 0.1) is 14.2 Å². The van der Waals surface area contributed by atoms with Gasteiger partial charge in [-0.1, -0.05) is 60.7 Å². The summed E-state index contributed by atoms with van der Waals surface area (Å²) < 4.78 is 20.9. The van der Waals surface area contributed by atoms with Gasteiger partial charge in [0.25, 0.3) is 0 Å². The van der Waals surface area contributed by atoms with Crippen molar-refractivity contribution < 1.29 is 33.3 Å². The Kier molecular flexibility index (Phi) is 9.24. The number of carbonyl (C=O) groups excluding carboxylic acids is 3. The molecule has 8 heteroatoms. The minimum Gasteiger partial charge on any atom is -0.493 e. The molecule has 0 unspecified atom stereocenters. The van der Waals surface area contributed by atoms with Crippen molar-refractivity contribution in [3.05, 3.63) is 95.6 Å². The predicted octanol–water partition coefficient (Wildman–Crippen LogP) is 3.97. The molecule has 0 heterocycles. The predicted molar refractivity (Wildman–Crippen MR) is 129 cm³/mol. The number of amides is 1. The third-order valence-corrected chi connectivity index (χ3v) is 5.12. The van der Waals surface area contributed by atoms with Crippen molar-refractivity contribution in [1.29, 1.82) is 0 Å². The zero-order valence-electron chi connectivity index (χ0n) is 19.6. The van der Waals surface area contributed by atoms with E-state index in [0.29, 0.717) is 17.1 Å². The Morgan fingerprint density at radius 2 is 1.40 bits per heavy atom. The molecule has 0 aromatic heterocycles. The first-order valence-corrected chi connectivity index (χ1v) is 10.9. The van der Waals surface area contributed by atoms with Crippen molar-refractivity contribution in [2.24, 2.45) is 0 Å². The van der Waals surface area contributed by atoms with Gasteiger partial charge >= 0.3 is 12.1 Å². The molecule has 8 nitrogen and oxygen atoms in total. The minimum atomic E-state index is -1.04. The number of esters is 1. The number of Topliss-reactive ketones (excluding diaryl/α,β-unsaturated/α-hetero) is 1. The maximum Gasteiger partial charge on any atom is 0.408 e. The van der Waals surface area contributed by atoms with Gasteiger partial charge in [0.1, 0.15) is 12.6 Å². The molecule has 0 aliphatic rings. The summed E-state index contributed by atoms with van der Waals surface area (Å²) in [6.07, 6.45) is -0.594. The average molecular weight is 478 g/mol. The van der Waals surface area contributed by atoms with Crippen LogP contribution >= 0.6 is 0 Å². The van der Waals surface area contributed by atoms with Crippen LogP contribution in [0.15, 0.2) is 78.9 Å². The van der Waals surface area contributed by atoms with Gasteiger partial charge in [0.15, 0.2) is 23.9 Å². The monoisotopic (exact) mass is 477 g/mol. The number of nitrogens with one attached hydrogen (secondary N) is 1. The van der Waals surface area contributed by atoms with Crippen LogP contribution in [-0.2, 0) is 27.3 Å². The Morgan fingerprint density at radius 1 is 0.771 bits per heavy atom. The number of carbonyl (C=O) groups is 3. The van der Waals surface area contributed by atoms with Crippen LogP contribution in [-0.4, -0.2) is 44.7 Å². The molecule has 0 fully saturated rings. The molecule has 0 saturated heterocycles. The van der Waals surface area contributed by atoms with Crippen LogP contribution in [0.3, 0.4) is 0 Å². The van der Waals surface area contributed by atoms with Crippen molar-refractivity contribution in [2.75, 3.05) is 20.8 Å². The van der Waals surface area contributed by atoms with Gasteiger partial charge in [-0.15, -0.1) is 0 Å². The number of methoxy groups -OCH3 is 2. The Morgan fingerprint density at radius 3 is 2.03 bits per heavy atom. The lowest BCUT2D eigenvalue weighted by molar-refractivity contribution is -0.144. The molecule has 3 aromatic carbocycles. The lowest BCUT2D eigenvalue weighted by Crippen LogP contribution is -2.44. The maximum absolute atomic E-state index is 12.8. The first kappa shape index (κ1) is 25.3. The van der Waals surface area contributed by atoms with Crippen LogP contribution in [0.2, 0.25) is 0 Å². The number of hydrogen-bond donors (Lipinski definition) is 1. The summed E-state index contributed by atoms with van der Waals surface area (Å²) in [5.74, 6) is -0.319. The van der Waals surface area contributed by atoms with Crippen molar-refractivity contribution in [3.8, 4) is 11.5 Å². The lowest BCUT2D eigenvalue weighted by atomic mass is 10.1. The molecule has 0 spiro atoms. The molecule has 0 saturated carbocycles. The first-order chi connectivity index (χ1) is 17.0. The number of rotatable bonds is 11. The summed E-state index contributed by atoms with van der Waals surface area (Å²) in [6.45, 7) is -0.447. The summed E-state index contributed by atoms with van der Waals surface area (Å²) in [5.41, 5.74) is 1.92. The van der Waals surface area contributed by atoms with Gasteiger partial charge in [0, 0.05) is 12.0 Å². The van der Waals surface area contributed by atoms with E-state index in [-0.39, 0.29) is 13.0 Å². The fourth-order valence-electron chi connectivity index (χ4n) is 3.28. The van der Waals surface area contributed by atoms with Crippen molar-refractivity contribution in [2.45, 2.75) is 19.1 Å². The maximum atomic E-state index is 12.8. The molecule has 35 heavy (non-hydrogen) atoms. The Hall–Kier alpha value is -4.33. The molecule has 0 bridgehead atoms. The second-order valence-corrected chi connectivity index (χ2v) is 7.55. The standard InChI is InChI=1S/C27H27NO7/c1-32-24-14-13-21(16-25(24)33-2)23(29)18-34-26(30)22(15-19-9-5-3-6-10-19)28-27(31)35-17-20-11-7-4-8-12-20/h3-14,16,22H,15,17-18H2,1-2H3,(H,28,31)/t22-/m0/s1. The summed E-state index contributed by atoms with van der Waals surface area (Å²) >= 11 is 0. The highest BCUT2D eigenvalue weighted by Crippen LogP contribution is 2.27. The Balaban J connectivity index is 1.63. The fourth-order valence-corrected chi connectivity index (χ4v) is 3.28. The zero-order chi connectivity index (χ0) is 25.0. The molecule has 1 amide bonds. The average Bonchev–Trinajstić information content (AvgIpc) is 2.90. The van der Waals surface area contributed by atoms with E-state index in [1.807, 2.05) is 60.7 Å². The minimum absolute atomic E-state index is 0.0531. The SMILES string of the molecule is COc1ccc(C(=O)COC(=O)[C@H](Cc2ccccc2)NC(=O)OCc2ccccc2)cc1OC. The third-order valence-electron chi connectivity index (χ3n) is 5.12. The van der Waals surface area contributed by atoms with E-state index in [1.54, 1.807) is 12.1 Å². The first-order valence-electron chi connectivity index (χ1n) is 10.9. The number of benzene rings is 3. The highest BCUT2D eigenvalue weighted by atomic mass is 16.6. The van der Waals surface area contributed by atoms with E-state index in [4.69, 9.17) is 18.9 Å². The van der Waals surface area contributed by atoms with Crippen LogP contribution in [0.1, 0.15) is 21.5 Å². The van der Waals surface area contributed by atoms with Crippen LogP contribution in [0.5, 0.6) is 11.5 Å². The number of alkyl carbamates (subject to hydrolysis) is 1. The van der Waals surface area contributed by atoms with E-state index in [1.165, 1.54) is 20.3 Å². The molecule has 0 aliphatic carbocycles. The molecule has 1 atom stereocenters. The molecule has 182 valence electrons. The van der Waals surface area contributed by atoms with Gasteiger partial charge < -0.3 is 24.3 Å². The molecular weight excluding hydrogens is 450 g/mol. The van der Waals surface area contributed by atoms with Crippen molar-refractivity contribution >= 4 is 17.8 Å². The van der Waals surface area contributed by atoms with Crippen LogP contribution in [0.4, 0.5) is 4.79 Å². The second kappa shape index (κ2) is 12.8. The number of ketones is 1. The van der Waals surface area contributed by atoms with E-state index >= 15 is 0 Å². The molecular formula is C27H27NO7. The van der Waals surface area contributed by atoms with Gasteiger partial charge in [-0.05, 0) is 29.3 Å². The van der Waals surface area contributed by atoms with Gasteiger partial charge in [-0.25, -0.2) is 9.59 Å². The van der Waals surface area contributed by atoms with Crippen molar-refractivity contribution in [1.82, 2.24) is 5.32 Å². The van der Waals surface area contributed by atoms with Crippen LogP contribution < -0.4 is 14.8 Å². The van der Waals surface area contributed by atoms with Crippen molar-refractivity contribution in [3.63, 3.8) is 0 Å². The second-order valence-electron chi connectivity index (χ2n) is 7.55. The smallest absolute Gasteiger partial charge is 0.408 e. The van der Waals surface area contributed by atoms with E-state index in [0.717, 1.165) is 11.1 Å². The summed E-state index contributed by atoms with van der Waals surface area (Å²) in [4.78, 5) is 37.8. The highest BCUT2D eigenvalue weighted by Gasteiger charge is 2.25. The molecule has 0 aliphatic heterocycles. The number of ether oxygens (including phenoxy) is 4. The summed E-state index contributed by atoms with van der Waals surface area (Å²) in [5, 5.41) is 2.55. The topological polar surface area (TPSA) is 100 Å². The summed E-state index contributed by atoms with van der Waals surface area (Å²) in [7, 11) is 2.95. The molecule has 3 rings (SSSR count). The largest absolute Gasteiger partial charge is 0.493 e. The highest BCUT2D eigenvalue weighted by molar-refractivity contribution is 5.98. The normalized spacial score (nSPS) is 11.1. The lowest BCUT2D eigenvalue weighted by Gasteiger charge is -2.18. The zero-order valence-corrected chi connectivity index (χ0v) is 19.6.